The third-order valence-corrected chi connectivity index (χ3v) is 1.94. The second-order valence-electron chi connectivity index (χ2n) is 3.23. The quantitative estimate of drug-likeness (QED) is 0.727. The van der Waals surface area contributed by atoms with Gasteiger partial charge in [0.15, 0.2) is 6.61 Å². The van der Waals surface area contributed by atoms with E-state index in [-0.39, 0.29) is 12.5 Å². The lowest BCUT2D eigenvalue weighted by Crippen LogP contribution is -2.27. The van der Waals surface area contributed by atoms with Gasteiger partial charge in [-0.25, -0.2) is 5.48 Å². The van der Waals surface area contributed by atoms with Crippen LogP contribution in [-0.4, -0.2) is 24.7 Å². The van der Waals surface area contributed by atoms with E-state index in [0.29, 0.717) is 11.3 Å². The Labute approximate surface area is 93.9 Å². The van der Waals surface area contributed by atoms with Gasteiger partial charge < -0.3 is 9.84 Å². The number of carbonyl (C=O) groups excluding carboxylic acids is 1. The number of amides is 1. The Morgan fingerprint density at radius 1 is 1.50 bits per heavy atom. The number of hydroxylamine groups is 1. The summed E-state index contributed by atoms with van der Waals surface area (Å²) in [5, 5.41) is 9.47. The Morgan fingerprint density at radius 2 is 2.19 bits per heavy atom. The van der Waals surface area contributed by atoms with Crippen LogP contribution >= 0.6 is 0 Å². The predicted octanol–water partition coefficient (Wildman–Crippen LogP) is 0.796. The highest BCUT2D eigenvalue weighted by Gasteiger charge is 2.09. The maximum Gasteiger partial charge on any atom is 0.281 e. The molecule has 0 fully saturated rings. The SMILES string of the molecule is CONC(=O)COc1ccccc1C(C)O. The molecule has 0 aromatic heterocycles. The van der Waals surface area contributed by atoms with Crippen LogP contribution in [-0.2, 0) is 9.63 Å². The molecular formula is C11H15NO4. The molecule has 5 heteroatoms. The van der Waals surface area contributed by atoms with E-state index < -0.39 is 6.10 Å². The summed E-state index contributed by atoms with van der Waals surface area (Å²) in [5.41, 5.74) is 2.78. The molecule has 5 nitrogen and oxygen atoms in total. The first-order chi connectivity index (χ1) is 7.65. The molecule has 1 rings (SSSR count). The number of aliphatic hydroxyl groups excluding tert-OH is 1. The summed E-state index contributed by atoms with van der Waals surface area (Å²) in [6.07, 6.45) is -0.637. The van der Waals surface area contributed by atoms with Crippen LogP contribution in [0.2, 0.25) is 0 Å². The number of benzene rings is 1. The Bertz CT molecular complexity index is 352. The predicted molar refractivity (Wildman–Crippen MR) is 57.7 cm³/mol. The first kappa shape index (κ1) is 12.5. The number of hydrogen-bond acceptors (Lipinski definition) is 4. The lowest BCUT2D eigenvalue weighted by atomic mass is 10.1. The largest absolute Gasteiger partial charge is 0.483 e. The van der Waals surface area contributed by atoms with Crippen LogP contribution in [0.25, 0.3) is 0 Å². The molecule has 0 aliphatic heterocycles. The van der Waals surface area contributed by atoms with Crippen molar-refractivity contribution in [3.8, 4) is 5.75 Å². The summed E-state index contributed by atoms with van der Waals surface area (Å²) in [6, 6.07) is 7.01. The fraction of sp³-hybridized carbons (Fsp3) is 0.364. The minimum absolute atomic E-state index is 0.155. The molecule has 1 aromatic rings. The molecule has 2 N–H and O–H groups in total. The fourth-order valence-corrected chi connectivity index (χ4v) is 1.24. The van der Waals surface area contributed by atoms with Crippen molar-refractivity contribution < 1.29 is 19.5 Å². The Kier molecular flexibility index (Phi) is 4.75. The summed E-state index contributed by atoms with van der Waals surface area (Å²) >= 11 is 0. The molecule has 0 heterocycles. The zero-order valence-electron chi connectivity index (χ0n) is 9.27. The molecule has 0 aliphatic rings. The maximum absolute atomic E-state index is 11.1. The van der Waals surface area contributed by atoms with Crippen LogP contribution in [0.5, 0.6) is 5.75 Å². The molecule has 0 saturated heterocycles. The highest BCUT2D eigenvalue weighted by atomic mass is 16.6. The van der Waals surface area contributed by atoms with E-state index in [1.54, 1.807) is 31.2 Å². The highest BCUT2D eigenvalue weighted by molar-refractivity contribution is 5.76. The average Bonchev–Trinajstić information content (AvgIpc) is 2.27. The summed E-state index contributed by atoms with van der Waals surface area (Å²) in [6.45, 7) is 1.48. The highest BCUT2D eigenvalue weighted by Crippen LogP contribution is 2.24. The van der Waals surface area contributed by atoms with Crippen LogP contribution in [0.3, 0.4) is 0 Å². The second kappa shape index (κ2) is 6.09. The molecule has 0 spiro atoms. The lowest BCUT2D eigenvalue weighted by Gasteiger charge is -2.12. The summed E-state index contributed by atoms with van der Waals surface area (Å²) in [5.74, 6) is 0.103. The van der Waals surface area contributed by atoms with Gasteiger partial charge in [0.1, 0.15) is 5.75 Å². The van der Waals surface area contributed by atoms with Crippen LogP contribution in [0.1, 0.15) is 18.6 Å². The number of carbonyl (C=O) groups is 1. The zero-order valence-corrected chi connectivity index (χ0v) is 9.27. The zero-order chi connectivity index (χ0) is 12.0. The minimum Gasteiger partial charge on any atom is -0.483 e. The molecule has 1 unspecified atom stereocenters. The van der Waals surface area contributed by atoms with Crippen LogP contribution in [0.4, 0.5) is 0 Å². The van der Waals surface area contributed by atoms with E-state index >= 15 is 0 Å². The number of rotatable bonds is 5. The second-order valence-corrected chi connectivity index (χ2v) is 3.23. The van der Waals surface area contributed by atoms with E-state index in [1.807, 2.05) is 0 Å². The van der Waals surface area contributed by atoms with Gasteiger partial charge in [-0.15, -0.1) is 0 Å². The topological polar surface area (TPSA) is 67.8 Å². The lowest BCUT2D eigenvalue weighted by molar-refractivity contribution is -0.133. The molecule has 1 atom stereocenters. The Balaban J connectivity index is 2.63. The number of aliphatic hydroxyl groups is 1. The Morgan fingerprint density at radius 3 is 2.81 bits per heavy atom. The summed E-state index contributed by atoms with van der Waals surface area (Å²) in [4.78, 5) is 15.5. The van der Waals surface area contributed by atoms with E-state index in [4.69, 9.17) is 4.74 Å². The van der Waals surface area contributed by atoms with Crippen molar-refractivity contribution in [2.45, 2.75) is 13.0 Å². The van der Waals surface area contributed by atoms with E-state index in [0.717, 1.165) is 0 Å². The summed E-state index contributed by atoms with van der Waals surface area (Å²) in [7, 11) is 1.35. The van der Waals surface area contributed by atoms with E-state index in [2.05, 4.69) is 10.3 Å². The van der Waals surface area contributed by atoms with Gasteiger partial charge in [0.25, 0.3) is 5.91 Å². The normalized spacial score (nSPS) is 11.9. The molecule has 0 radical (unpaired) electrons. The third-order valence-electron chi connectivity index (χ3n) is 1.94. The smallest absolute Gasteiger partial charge is 0.281 e. The Hall–Kier alpha value is -1.59. The van der Waals surface area contributed by atoms with Crippen LogP contribution < -0.4 is 10.2 Å². The van der Waals surface area contributed by atoms with Gasteiger partial charge in [-0.1, -0.05) is 18.2 Å². The standard InChI is InChI=1S/C11H15NO4/c1-8(13)9-5-3-4-6-10(9)16-7-11(14)12-15-2/h3-6,8,13H,7H2,1-2H3,(H,12,14). The van der Waals surface area contributed by atoms with Crippen LogP contribution in [0, 0.1) is 0 Å². The van der Waals surface area contributed by atoms with Crippen molar-refractivity contribution >= 4 is 5.91 Å². The molecule has 16 heavy (non-hydrogen) atoms. The van der Waals surface area contributed by atoms with Crippen molar-refractivity contribution in [2.75, 3.05) is 13.7 Å². The van der Waals surface area contributed by atoms with Gasteiger partial charge in [0.05, 0.1) is 13.2 Å². The molecule has 0 saturated carbocycles. The van der Waals surface area contributed by atoms with E-state index in [9.17, 15) is 9.90 Å². The monoisotopic (exact) mass is 225 g/mol. The van der Waals surface area contributed by atoms with Gasteiger partial charge >= 0.3 is 0 Å². The molecule has 1 amide bonds. The van der Waals surface area contributed by atoms with Crippen molar-refractivity contribution in [1.29, 1.82) is 0 Å². The van der Waals surface area contributed by atoms with Crippen molar-refractivity contribution in [3.63, 3.8) is 0 Å². The van der Waals surface area contributed by atoms with Gasteiger partial charge in [0, 0.05) is 5.56 Å². The molecule has 0 bridgehead atoms. The van der Waals surface area contributed by atoms with Crippen molar-refractivity contribution in [1.82, 2.24) is 5.48 Å². The van der Waals surface area contributed by atoms with Gasteiger partial charge in [-0.05, 0) is 13.0 Å². The fourth-order valence-electron chi connectivity index (χ4n) is 1.24. The van der Waals surface area contributed by atoms with Gasteiger partial charge in [-0.2, -0.15) is 0 Å². The first-order valence-electron chi connectivity index (χ1n) is 4.86. The average molecular weight is 225 g/mol. The number of ether oxygens (including phenoxy) is 1. The van der Waals surface area contributed by atoms with Gasteiger partial charge in [-0.3, -0.25) is 9.63 Å². The maximum atomic E-state index is 11.1. The first-order valence-corrected chi connectivity index (χ1v) is 4.86. The minimum atomic E-state index is -0.637. The number of hydrogen-bond donors (Lipinski definition) is 2. The molecule has 1 aromatic carbocycles. The molecule has 88 valence electrons. The molecular weight excluding hydrogens is 210 g/mol. The van der Waals surface area contributed by atoms with Crippen LogP contribution in [0.15, 0.2) is 24.3 Å². The van der Waals surface area contributed by atoms with E-state index in [1.165, 1.54) is 7.11 Å². The third kappa shape index (κ3) is 3.52. The molecule has 0 aliphatic carbocycles. The van der Waals surface area contributed by atoms with Crippen molar-refractivity contribution in [2.24, 2.45) is 0 Å². The number of nitrogens with one attached hydrogen (secondary N) is 1. The van der Waals surface area contributed by atoms with Gasteiger partial charge in [0.2, 0.25) is 0 Å². The summed E-state index contributed by atoms with van der Waals surface area (Å²) < 4.78 is 5.26. The van der Waals surface area contributed by atoms with Crippen molar-refractivity contribution in [3.05, 3.63) is 29.8 Å². The number of para-hydroxylation sites is 1.